The van der Waals surface area contributed by atoms with Crippen LogP contribution in [-0.4, -0.2) is 67.4 Å². The Morgan fingerprint density at radius 3 is 2.88 bits per heavy atom. The fourth-order valence-electron chi connectivity index (χ4n) is 7.06. The van der Waals surface area contributed by atoms with Crippen LogP contribution in [0.1, 0.15) is 60.4 Å². The Morgan fingerprint density at radius 1 is 1.19 bits per heavy atom. The van der Waals surface area contributed by atoms with Gasteiger partial charge in [-0.15, -0.1) is 0 Å². The molecule has 0 unspecified atom stereocenters. The van der Waals surface area contributed by atoms with Crippen molar-refractivity contribution in [2.75, 3.05) is 19.6 Å². The number of amides is 1. The molecule has 0 radical (unpaired) electrons. The van der Waals surface area contributed by atoms with Gasteiger partial charge in [-0.05, 0) is 70.4 Å². The standard InChI is InChI=1S/C25H34N6O/c1-15-23(16(2)29(3)28-15)20-13-21(27-26-20)25(32)31-10-6-7-17-11-18-12-19(24(17)31)14-30-9-5-4-8-22(18)30/h11,13,18-19,22,24H,4-10,12,14H2,1-3H3,(H,26,27)/t18-,19-,22+,24+/m0/s1. The maximum absolute atomic E-state index is 13.7. The highest BCUT2D eigenvalue weighted by molar-refractivity contribution is 5.94. The molecule has 1 N–H and O–H groups in total. The highest BCUT2D eigenvalue weighted by atomic mass is 16.2. The van der Waals surface area contributed by atoms with Crippen LogP contribution in [0.2, 0.25) is 0 Å². The highest BCUT2D eigenvalue weighted by Gasteiger charge is 2.47. The van der Waals surface area contributed by atoms with Crippen molar-refractivity contribution in [1.82, 2.24) is 29.8 Å². The largest absolute Gasteiger partial charge is 0.330 e. The lowest BCUT2D eigenvalue weighted by Gasteiger charge is -2.54. The van der Waals surface area contributed by atoms with Gasteiger partial charge in [0.1, 0.15) is 5.69 Å². The molecule has 5 heterocycles. The second-order valence-electron chi connectivity index (χ2n) is 10.3. The van der Waals surface area contributed by atoms with Gasteiger partial charge in [-0.1, -0.05) is 18.1 Å². The first-order chi connectivity index (χ1) is 15.5. The Kier molecular flexibility index (Phi) is 4.79. The third-order valence-corrected chi connectivity index (χ3v) is 8.49. The molecule has 1 amide bonds. The molecule has 7 heteroatoms. The second-order valence-corrected chi connectivity index (χ2v) is 10.3. The van der Waals surface area contributed by atoms with Crippen molar-refractivity contribution >= 4 is 5.91 Å². The van der Waals surface area contributed by atoms with Gasteiger partial charge in [0, 0.05) is 37.4 Å². The summed E-state index contributed by atoms with van der Waals surface area (Å²) in [6, 6.07) is 2.91. The molecule has 2 aromatic heterocycles. The van der Waals surface area contributed by atoms with Crippen LogP contribution < -0.4 is 0 Å². The molecule has 0 aromatic carbocycles. The van der Waals surface area contributed by atoms with Gasteiger partial charge in [0.05, 0.1) is 17.4 Å². The first-order valence-corrected chi connectivity index (χ1v) is 12.3. The number of hydrogen-bond donors (Lipinski definition) is 1. The first-order valence-electron chi connectivity index (χ1n) is 12.3. The van der Waals surface area contributed by atoms with E-state index in [9.17, 15) is 4.79 Å². The third kappa shape index (κ3) is 3.08. The SMILES string of the molecule is Cc1nn(C)c(C)c1-c1cc(C(=O)N2CCCC3=C[C@H]4C[C@@H](CN5CCCC[C@H]45)[C@@H]32)[nH]n1. The van der Waals surface area contributed by atoms with E-state index in [0.717, 1.165) is 54.6 Å². The minimum Gasteiger partial charge on any atom is -0.330 e. The van der Waals surface area contributed by atoms with Gasteiger partial charge in [0.2, 0.25) is 0 Å². The molecule has 4 aliphatic rings. The molecule has 6 rings (SSSR count). The van der Waals surface area contributed by atoms with Gasteiger partial charge in [-0.2, -0.15) is 10.2 Å². The van der Waals surface area contributed by atoms with Crippen LogP contribution in [0.25, 0.3) is 11.3 Å². The molecule has 4 atom stereocenters. The minimum atomic E-state index is 0.0952. The van der Waals surface area contributed by atoms with Gasteiger partial charge in [0.25, 0.3) is 5.91 Å². The van der Waals surface area contributed by atoms with Crippen molar-refractivity contribution in [1.29, 1.82) is 0 Å². The maximum Gasteiger partial charge on any atom is 0.272 e. The smallest absolute Gasteiger partial charge is 0.272 e. The fraction of sp³-hybridized carbons (Fsp3) is 0.640. The van der Waals surface area contributed by atoms with Crippen LogP contribution in [0.5, 0.6) is 0 Å². The van der Waals surface area contributed by atoms with E-state index < -0.39 is 0 Å². The van der Waals surface area contributed by atoms with E-state index >= 15 is 0 Å². The number of H-pyrrole nitrogens is 1. The van der Waals surface area contributed by atoms with Crippen molar-refractivity contribution in [2.45, 2.75) is 64.5 Å². The summed E-state index contributed by atoms with van der Waals surface area (Å²) in [5.74, 6) is 1.34. The number of carbonyl (C=O) groups excluding carboxylic acids is 1. The Labute approximate surface area is 189 Å². The van der Waals surface area contributed by atoms with Crippen molar-refractivity contribution in [3.8, 4) is 11.3 Å². The summed E-state index contributed by atoms with van der Waals surface area (Å²) >= 11 is 0. The molecule has 2 aromatic rings. The van der Waals surface area contributed by atoms with E-state index in [1.54, 1.807) is 0 Å². The average Bonchev–Trinajstić information content (AvgIpc) is 3.37. The topological polar surface area (TPSA) is 70.1 Å². The molecular formula is C25H34N6O. The van der Waals surface area contributed by atoms with Gasteiger partial charge >= 0.3 is 0 Å². The molecule has 32 heavy (non-hydrogen) atoms. The highest BCUT2D eigenvalue weighted by Crippen LogP contribution is 2.45. The number of nitrogens with zero attached hydrogens (tertiary/aromatic N) is 5. The molecule has 1 aliphatic carbocycles. The van der Waals surface area contributed by atoms with Crippen LogP contribution in [0.15, 0.2) is 17.7 Å². The van der Waals surface area contributed by atoms with Gasteiger partial charge in [0.15, 0.2) is 0 Å². The molecule has 7 nitrogen and oxygen atoms in total. The normalized spacial score (nSPS) is 30.0. The van der Waals surface area contributed by atoms with E-state index in [1.807, 2.05) is 31.6 Å². The minimum absolute atomic E-state index is 0.0952. The van der Waals surface area contributed by atoms with E-state index in [4.69, 9.17) is 0 Å². The quantitative estimate of drug-likeness (QED) is 0.735. The van der Waals surface area contributed by atoms with Gasteiger partial charge in [-0.25, -0.2) is 0 Å². The number of carbonyl (C=O) groups is 1. The molecule has 3 fully saturated rings. The van der Waals surface area contributed by atoms with Crippen molar-refractivity contribution in [2.24, 2.45) is 18.9 Å². The second kappa shape index (κ2) is 7.58. The zero-order valence-corrected chi connectivity index (χ0v) is 19.5. The molecule has 170 valence electrons. The Hall–Kier alpha value is -2.41. The summed E-state index contributed by atoms with van der Waals surface area (Å²) in [7, 11) is 1.94. The number of rotatable bonds is 2. The number of hydrogen-bond acceptors (Lipinski definition) is 4. The number of piperidine rings is 3. The lowest BCUT2D eigenvalue weighted by molar-refractivity contribution is 0.00131. The summed E-state index contributed by atoms with van der Waals surface area (Å²) < 4.78 is 1.87. The number of nitrogens with one attached hydrogen (secondary N) is 1. The number of likely N-dealkylation sites (tertiary alicyclic amines) is 1. The Balaban J connectivity index is 1.29. The number of aromatic amines is 1. The summed E-state index contributed by atoms with van der Waals surface area (Å²) in [5, 5.41) is 12.1. The summed E-state index contributed by atoms with van der Waals surface area (Å²) in [6.45, 7) is 7.26. The number of aromatic nitrogens is 4. The van der Waals surface area contributed by atoms with Crippen LogP contribution in [0.3, 0.4) is 0 Å². The third-order valence-electron chi connectivity index (χ3n) is 8.49. The number of aryl methyl sites for hydroxylation is 2. The average molecular weight is 435 g/mol. The van der Waals surface area contributed by atoms with Crippen LogP contribution >= 0.6 is 0 Å². The zero-order valence-electron chi connectivity index (χ0n) is 19.5. The summed E-state index contributed by atoms with van der Waals surface area (Å²) in [4.78, 5) is 18.6. The van der Waals surface area contributed by atoms with Gasteiger partial charge in [-0.3, -0.25) is 19.5 Å². The van der Waals surface area contributed by atoms with Crippen LogP contribution in [-0.2, 0) is 7.05 Å². The molecular weight excluding hydrogens is 400 g/mol. The Morgan fingerprint density at radius 2 is 2.06 bits per heavy atom. The molecule has 0 saturated carbocycles. The lowest BCUT2D eigenvalue weighted by Crippen LogP contribution is -2.60. The maximum atomic E-state index is 13.7. The molecule has 2 bridgehead atoms. The monoisotopic (exact) mass is 434 g/mol. The fourth-order valence-corrected chi connectivity index (χ4v) is 7.06. The first kappa shape index (κ1) is 20.2. The van der Waals surface area contributed by atoms with Crippen molar-refractivity contribution in [3.05, 3.63) is 34.8 Å². The van der Waals surface area contributed by atoms with E-state index in [0.29, 0.717) is 17.5 Å². The van der Waals surface area contributed by atoms with Crippen LogP contribution in [0.4, 0.5) is 0 Å². The lowest BCUT2D eigenvalue weighted by atomic mass is 9.68. The molecule has 3 aliphatic heterocycles. The van der Waals surface area contributed by atoms with Gasteiger partial charge < -0.3 is 4.90 Å². The van der Waals surface area contributed by atoms with E-state index in [-0.39, 0.29) is 11.9 Å². The van der Waals surface area contributed by atoms with E-state index in [1.165, 1.54) is 37.8 Å². The summed E-state index contributed by atoms with van der Waals surface area (Å²) in [6.07, 6.45) is 10.1. The zero-order chi connectivity index (χ0) is 22.0. The number of fused-ring (bicyclic) bond motifs is 6. The van der Waals surface area contributed by atoms with E-state index in [2.05, 4.69) is 31.2 Å². The van der Waals surface area contributed by atoms with Crippen LogP contribution in [0, 0.1) is 25.7 Å². The Bertz CT molecular complexity index is 1080. The predicted octanol–water partition coefficient (Wildman–Crippen LogP) is 3.46. The molecule has 3 saturated heterocycles. The summed E-state index contributed by atoms with van der Waals surface area (Å²) in [5.41, 5.74) is 5.95. The molecule has 0 spiro atoms. The predicted molar refractivity (Wildman–Crippen MR) is 123 cm³/mol. The van der Waals surface area contributed by atoms with Crippen molar-refractivity contribution in [3.63, 3.8) is 0 Å². The van der Waals surface area contributed by atoms with Crippen molar-refractivity contribution < 1.29 is 4.79 Å².